The van der Waals surface area contributed by atoms with Gasteiger partial charge in [0.25, 0.3) is 0 Å². The zero-order valence-electron chi connectivity index (χ0n) is 8.60. The van der Waals surface area contributed by atoms with Crippen LogP contribution >= 0.6 is 23.2 Å². The van der Waals surface area contributed by atoms with Crippen molar-refractivity contribution < 1.29 is 9.31 Å². The lowest BCUT2D eigenvalue weighted by atomic mass is 10.1. The van der Waals surface area contributed by atoms with E-state index < -0.39 is 10.7 Å². The zero-order valence-corrected chi connectivity index (χ0v) is 10.1. The van der Waals surface area contributed by atoms with Gasteiger partial charge in [-0.15, -0.1) is 0 Å². The smallest absolute Gasteiger partial charge is 0.258 e. The molecule has 0 aliphatic heterocycles. The molecule has 0 radical (unpaired) electrons. The SMILES string of the molecule is O=[N+]([O-])c1cnc(Cl)nc1-c1ccc(F)cc1Cl. The van der Waals surface area contributed by atoms with Crippen LogP contribution in [0.2, 0.25) is 10.3 Å². The normalized spacial score (nSPS) is 10.4. The maximum Gasteiger partial charge on any atom is 0.313 e. The quantitative estimate of drug-likeness (QED) is 0.482. The molecule has 0 fully saturated rings. The van der Waals surface area contributed by atoms with Gasteiger partial charge in [0.2, 0.25) is 5.28 Å². The number of benzene rings is 1. The molecule has 2 aromatic rings. The third kappa shape index (κ3) is 2.39. The fraction of sp³-hybridized carbons (Fsp3) is 0. The van der Waals surface area contributed by atoms with Crippen molar-refractivity contribution in [3.05, 3.63) is 50.6 Å². The molecule has 0 N–H and O–H groups in total. The Hall–Kier alpha value is -1.79. The van der Waals surface area contributed by atoms with Crippen LogP contribution < -0.4 is 0 Å². The van der Waals surface area contributed by atoms with Gasteiger partial charge in [-0.25, -0.2) is 14.4 Å². The molecule has 8 heteroatoms. The summed E-state index contributed by atoms with van der Waals surface area (Å²) in [5.74, 6) is -0.549. The minimum Gasteiger partial charge on any atom is -0.258 e. The number of rotatable bonds is 2. The molecule has 2 rings (SSSR count). The lowest BCUT2D eigenvalue weighted by Gasteiger charge is -2.04. The van der Waals surface area contributed by atoms with Crippen molar-refractivity contribution in [1.82, 2.24) is 9.97 Å². The molecule has 1 heterocycles. The number of nitro groups is 1. The average Bonchev–Trinajstić information content (AvgIpc) is 2.28. The molecule has 0 unspecified atom stereocenters. The van der Waals surface area contributed by atoms with Gasteiger partial charge < -0.3 is 0 Å². The molecule has 0 spiro atoms. The Balaban J connectivity index is 2.69. The molecule has 1 aromatic carbocycles. The molecular formula is C10H4Cl2FN3O2. The lowest BCUT2D eigenvalue weighted by Crippen LogP contribution is -1.97. The van der Waals surface area contributed by atoms with Crippen LogP contribution in [0.3, 0.4) is 0 Å². The van der Waals surface area contributed by atoms with Crippen molar-refractivity contribution in [2.45, 2.75) is 0 Å². The molecule has 92 valence electrons. The largest absolute Gasteiger partial charge is 0.313 e. The molecule has 18 heavy (non-hydrogen) atoms. The summed E-state index contributed by atoms with van der Waals surface area (Å²) in [4.78, 5) is 17.5. The molecule has 0 atom stereocenters. The van der Waals surface area contributed by atoms with Gasteiger partial charge in [0.05, 0.1) is 9.95 Å². The summed E-state index contributed by atoms with van der Waals surface area (Å²) in [5.41, 5.74) is -0.188. The summed E-state index contributed by atoms with van der Waals surface area (Å²) in [6.07, 6.45) is 0.977. The highest BCUT2D eigenvalue weighted by molar-refractivity contribution is 6.33. The summed E-state index contributed by atoms with van der Waals surface area (Å²) >= 11 is 11.4. The number of aromatic nitrogens is 2. The number of nitrogens with zero attached hydrogens (tertiary/aromatic N) is 3. The molecule has 0 aliphatic carbocycles. The number of halogens is 3. The Morgan fingerprint density at radius 1 is 1.33 bits per heavy atom. The van der Waals surface area contributed by atoms with Crippen LogP contribution in [0.5, 0.6) is 0 Å². The first-order chi connectivity index (χ1) is 8.49. The van der Waals surface area contributed by atoms with Gasteiger partial charge >= 0.3 is 5.69 Å². The van der Waals surface area contributed by atoms with Gasteiger partial charge in [0, 0.05) is 5.56 Å². The van der Waals surface area contributed by atoms with Crippen molar-refractivity contribution in [3.63, 3.8) is 0 Å². The van der Waals surface area contributed by atoms with Gasteiger partial charge in [0.15, 0.2) is 5.69 Å². The maximum atomic E-state index is 12.9. The van der Waals surface area contributed by atoms with E-state index in [0.717, 1.165) is 18.3 Å². The zero-order chi connectivity index (χ0) is 13.3. The second kappa shape index (κ2) is 4.83. The van der Waals surface area contributed by atoms with Crippen LogP contribution in [-0.4, -0.2) is 14.9 Å². The first-order valence-corrected chi connectivity index (χ1v) is 5.37. The lowest BCUT2D eigenvalue weighted by molar-refractivity contribution is -0.384. The molecular weight excluding hydrogens is 284 g/mol. The van der Waals surface area contributed by atoms with E-state index >= 15 is 0 Å². The third-order valence-electron chi connectivity index (χ3n) is 2.12. The topological polar surface area (TPSA) is 68.9 Å². The molecule has 5 nitrogen and oxygen atoms in total. The van der Waals surface area contributed by atoms with E-state index in [1.165, 1.54) is 6.07 Å². The summed E-state index contributed by atoms with van der Waals surface area (Å²) in [6, 6.07) is 3.46. The highest BCUT2D eigenvalue weighted by atomic mass is 35.5. The highest BCUT2D eigenvalue weighted by Crippen LogP contribution is 2.33. The van der Waals surface area contributed by atoms with Crippen LogP contribution in [0.1, 0.15) is 0 Å². The molecule has 0 aliphatic rings. The molecule has 0 amide bonds. The summed E-state index contributed by atoms with van der Waals surface area (Å²) in [7, 11) is 0. The van der Waals surface area contributed by atoms with Crippen molar-refractivity contribution in [2.75, 3.05) is 0 Å². The maximum absolute atomic E-state index is 12.9. The van der Waals surface area contributed by atoms with E-state index in [1.807, 2.05) is 0 Å². The van der Waals surface area contributed by atoms with Gasteiger partial charge in [-0.05, 0) is 29.8 Å². The van der Waals surface area contributed by atoms with Crippen LogP contribution in [0.15, 0.2) is 24.4 Å². The molecule has 1 aromatic heterocycles. The summed E-state index contributed by atoms with van der Waals surface area (Å²) in [5, 5.41) is 10.7. The van der Waals surface area contributed by atoms with Gasteiger partial charge in [0.1, 0.15) is 12.0 Å². The van der Waals surface area contributed by atoms with E-state index in [-0.39, 0.29) is 27.3 Å². The van der Waals surface area contributed by atoms with Crippen molar-refractivity contribution in [3.8, 4) is 11.3 Å². The van der Waals surface area contributed by atoms with Crippen molar-refractivity contribution in [1.29, 1.82) is 0 Å². The van der Waals surface area contributed by atoms with E-state index in [9.17, 15) is 14.5 Å². The van der Waals surface area contributed by atoms with Gasteiger partial charge in [-0.2, -0.15) is 0 Å². The first kappa shape index (κ1) is 12.7. The predicted molar refractivity (Wildman–Crippen MR) is 64.1 cm³/mol. The van der Waals surface area contributed by atoms with Crippen molar-refractivity contribution in [2.24, 2.45) is 0 Å². The Kier molecular flexibility index (Phi) is 3.40. The Morgan fingerprint density at radius 3 is 2.67 bits per heavy atom. The van der Waals surface area contributed by atoms with E-state index in [4.69, 9.17) is 23.2 Å². The molecule has 0 bridgehead atoms. The van der Waals surface area contributed by atoms with Crippen LogP contribution in [0.4, 0.5) is 10.1 Å². The van der Waals surface area contributed by atoms with Crippen LogP contribution in [0.25, 0.3) is 11.3 Å². The number of hydrogen-bond acceptors (Lipinski definition) is 4. The Labute approximate surface area is 110 Å². The fourth-order valence-corrected chi connectivity index (χ4v) is 1.76. The minimum absolute atomic E-state index is 0.00728. The summed E-state index contributed by atoms with van der Waals surface area (Å²) in [6.45, 7) is 0. The standard InChI is InChI=1S/C10H4Cl2FN3O2/c11-7-3-5(13)1-2-6(7)9-8(16(17)18)4-14-10(12)15-9/h1-4H. The van der Waals surface area contributed by atoms with E-state index in [1.54, 1.807) is 0 Å². The van der Waals surface area contributed by atoms with Gasteiger partial charge in [-0.1, -0.05) is 11.6 Å². The van der Waals surface area contributed by atoms with E-state index in [2.05, 4.69) is 9.97 Å². The van der Waals surface area contributed by atoms with Crippen LogP contribution in [-0.2, 0) is 0 Å². The second-order valence-corrected chi connectivity index (χ2v) is 4.00. The first-order valence-electron chi connectivity index (χ1n) is 4.61. The van der Waals surface area contributed by atoms with Crippen molar-refractivity contribution >= 4 is 28.9 Å². The third-order valence-corrected chi connectivity index (χ3v) is 2.62. The van der Waals surface area contributed by atoms with Gasteiger partial charge in [-0.3, -0.25) is 10.1 Å². The minimum atomic E-state index is -0.661. The highest BCUT2D eigenvalue weighted by Gasteiger charge is 2.20. The molecule has 0 saturated carbocycles. The number of hydrogen-bond donors (Lipinski definition) is 0. The predicted octanol–water partition coefficient (Wildman–Crippen LogP) is 3.50. The monoisotopic (exact) mass is 287 g/mol. The van der Waals surface area contributed by atoms with E-state index in [0.29, 0.717) is 0 Å². The average molecular weight is 288 g/mol. The Morgan fingerprint density at radius 2 is 2.06 bits per heavy atom. The molecule has 0 saturated heterocycles. The summed E-state index contributed by atoms with van der Waals surface area (Å²) < 4.78 is 12.9. The Bertz CT molecular complexity index is 637. The van der Waals surface area contributed by atoms with Crippen LogP contribution in [0, 0.1) is 15.9 Å². The second-order valence-electron chi connectivity index (χ2n) is 3.25. The fourth-order valence-electron chi connectivity index (χ4n) is 1.37.